The molecular weight excluding hydrogens is 415 g/mol. The number of rotatable bonds is 5. The van der Waals surface area contributed by atoms with Crippen molar-refractivity contribution in [2.45, 2.75) is 38.8 Å². The Bertz CT molecular complexity index is 1280. The molecule has 164 valence electrons. The van der Waals surface area contributed by atoms with Gasteiger partial charge in [-0.05, 0) is 42.7 Å². The first-order valence-corrected chi connectivity index (χ1v) is 10.2. The van der Waals surface area contributed by atoms with E-state index in [-0.39, 0.29) is 43.4 Å². The van der Waals surface area contributed by atoms with Gasteiger partial charge >= 0.3 is 0 Å². The first kappa shape index (κ1) is 21.4. The number of carbonyl (C=O) groups excluding carboxylic acids is 3. The van der Waals surface area contributed by atoms with Gasteiger partial charge in [0.25, 0.3) is 5.56 Å². The fourth-order valence-electron chi connectivity index (χ4n) is 3.91. The predicted molar refractivity (Wildman–Crippen MR) is 114 cm³/mol. The minimum absolute atomic E-state index is 0.0723. The maximum Gasteiger partial charge on any atom is 0.262 e. The van der Waals surface area contributed by atoms with E-state index in [4.69, 9.17) is 0 Å². The Balaban J connectivity index is 1.61. The molecule has 1 aliphatic rings. The Kier molecular flexibility index (Phi) is 5.81. The van der Waals surface area contributed by atoms with Crippen LogP contribution in [0.3, 0.4) is 0 Å². The van der Waals surface area contributed by atoms with Crippen LogP contribution in [0, 0.1) is 12.7 Å². The van der Waals surface area contributed by atoms with Crippen LogP contribution in [0.2, 0.25) is 0 Å². The molecule has 1 unspecified atom stereocenters. The molecule has 0 bridgehead atoms. The Hall–Kier alpha value is -3.88. The van der Waals surface area contributed by atoms with Crippen molar-refractivity contribution in [2.24, 2.45) is 0 Å². The number of nitrogens with zero attached hydrogens (tertiary/aromatic N) is 2. The van der Waals surface area contributed by atoms with Crippen molar-refractivity contribution < 1.29 is 18.8 Å². The van der Waals surface area contributed by atoms with Gasteiger partial charge in [0.15, 0.2) is 0 Å². The zero-order chi connectivity index (χ0) is 22.8. The van der Waals surface area contributed by atoms with Crippen LogP contribution in [0.15, 0.2) is 47.3 Å². The van der Waals surface area contributed by atoms with E-state index >= 15 is 0 Å². The molecule has 0 aliphatic carbocycles. The van der Waals surface area contributed by atoms with Crippen molar-refractivity contribution >= 4 is 28.6 Å². The lowest BCUT2D eigenvalue weighted by atomic mass is 10.0. The van der Waals surface area contributed by atoms with Gasteiger partial charge in [-0.25, -0.2) is 9.37 Å². The first-order valence-electron chi connectivity index (χ1n) is 10.2. The third-order valence-electron chi connectivity index (χ3n) is 5.47. The van der Waals surface area contributed by atoms with Crippen molar-refractivity contribution in [3.05, 3.63) is 75.6 Å². The Morgan fingerprint density at radius 1 is 1.19 bits per heavy atom. The van der Waals surface area contributed by atoms with Crippen LogP contribution < -0.4 is 16.2 Å². The van der Waals surface area contributed by atoms with Crippen LogP contribution in [0.25, 0.3) is 10.9 Å². The predicted octanol–water partition coefficient (Wildman–Crippen LogP) is 1.68. The van der Waals surface area contributed by atoms with Crippen molar-refractivity contribution in [1.29, 1.82) is 0 Å². The molecule has 1 saturated heterocycles. The van der Waals surface area contributed by atoms with E-state index in [0.717, 1.165) is 0 Å². The molecule has 3 aromatic rings. The SMILES string of the molecule is Cc1nc2cccc(CNC(=O)Cc3ccc(F)cc3)c2c(=O)n1C1CCC(=O)NC1=O. The fourth-order valence-corrected chi connectivity index (χ4v) is 3.91. The van der Waals surface area contributed by atoms with Crippen LogP contribution in [-0.4, -0.2) is 27.3 Å². The molecule has 0 radical (unpaired) electrons. The molecule has 1 atom stereocenters. The number of amides is 3. The average molecular weight is 436 g/mol. The molecule has 3 amide bonds. The van der Waals surface area contributed by atoms with Crippen molar-refractivity contribution in [2.75, 3.05) is 0 Å². The van der Waals surface area contributed by atoms with Crippen molar-refractivity contribution in [3.8, 4) is 0 Å². The minimum atomic E-state index is -0.821. The van der Waals surface area contributed by atoms with E-state index < -0.39 is 17.5 Å². The van der Waals surface area contributed by atoms with Crippen molar-refractivity contribution in [3.63, 3.8) is 0 Å². The molecule has 32 heavy (non-hydrogen) atoms. The number of piperidine rings is 1. The molecule has 0 spiro atoms. The third-order valence-corrected chi connectivity index (χ3v) is 5.47. The first-order chi connectivity index (χ1) is 15.3. The van der Waals surface area contributed by atoms with Crippen LogP contribution in [-0.2, 0) is 27.3 Å². The van der Waals surface area contributed by atoms with Gasteiger partial charge in [-0.15, -0.1) is 0 Å². The summed E-state index contributed by atoms with van der Waals surface area (Å²) in [4.78, 5) is 54.0. The topological polar surface area (TPSA) is 110 Å². The molecule has 2 aromatic carbocycles. The van der Waals surface area contributed by atoms with E-state index in [2.05, 4.69) is 15.6 Å². The number of nitrogens with one attached hydrogen (secondary N) is 2. The highest BCUT2D eigenvalue weighted by Crippen LogP contribution is 2.21. The normalized spacial score (nSPS) is 16.1. The second-order valence-corrected chi connectivity index (χ2v) is 7.69. The van der Waals surface area contributed by atoms with Crippen LogP contribution in [0.1, 0.15) is 35.8 Å². The van der Waals surface area contributed by atoms with Gasteiger partial charge < -0.3 is 5.32 Å². The van der Waals surface area contributed by atoms with Crippen molar-refractivity contribution in [1.82, 2.24) is 20.2 Å². The second kappa shape index (κ2) is 8.70. The molecule has 9 heteroatoms. The van der Waals surface area contributed by atoms with E-state index in [1.54, 1.807) is 25.1 Å². The number of imide groups is 1. The smallest absolute Gasteiger partial charge is 0.262 e. The quantitative estimate of drug-likeness (QED) is 0.592. The average Bonchev–Trinajstić information content (AvgIpc) is 2.75. The number of hydrogen-bond donors (Lipinski definition) is 2. The monoisotopic (exact) mass is 436 g/mol. The molecule has 1 aliphatic heterocycles. The highest BCUT2D eigenvalue weighted by atomic mass is 19.1. The molecule has 2 heterocycles. The van der Waals surface area contributed by atoms with Crippen LogP contribution in [0.4, 0.5) is 4.39 Å². The van der Waals surface area contributed by atoms with E-state index in [1.807, 2.05) is 0 Å². The zero-order valence-electron chi connectivity index (χ0n) is 17.4. The standard InChI is InChI=1S/C23H21FN4O4/c1-13-26-17-4-2-3-15(12-25-20(30)11-14-5-7-16(24)8-6-14)21(17)23(32)28(13)18-9-10-19(29)27-22(18)31/h2-8,18H,9-12H2,1H3,(H,25,30)(H,27,29,31). The summed E-state index contributed by atoms with van der Waals surface area (Å²) < 4.78 is 14.4. The summed E-state index contributed by atoms with van der Waals surface area (Å²) in [6, 6.07) is 9.99. The van der Waals surface area contributed by atoms with Gasteiger partial charge in [0.1, 0.15) is 17.7 Å². The fraction of sp³-hybridized carbons (Fsp3) is 0.261. The summed E-state index contributed by atoms with van der Waals surface area (Å²) in [5.41, 5.74) is 1.29. The van der Waals surface area contributed by atoms with Crippen LogP contribution in [0.5, 0.6) is 0 Å². The maximum absolute atomic E-state index is 13.4. The number of halogens is 1. The minimum Gasteiger partial charge on any atom is -0.352 e. The number of aryl methyl sites for hydroxylation is 1. The van der Waals surface area contributed by atoms with Gasteiger partial charge in [0, 0.05) is 13.0 Å². The number of aromatic nitrogens is 2. The van der Waals surface area contributed by atoms with Gasteiger partial charge in [-0.3, -0.25) is 29.1 Å². The molecule has 1 aromatic heterocycles. The van der Waals surface area contributed by atoms with E-state index in [9.17, 15) is 23.6 Å². The summed E-state index contributed by atoms with van der Waals surface area (Å²) in [5, 5.41) is 5.35. The summed E-state index contributed by atoms with van der Waals surface area (Å²) in [5.74, 6) is -1.18. The Labute approximate surface area is 182 Å². The molecule has 8 nitrogen and oxygen atoms in total. The number of carbonyl (C=O) groups is 3. The summed E-state index contributed by atoms with van der Waals surface area (Å²) in [6.45, 7) is 1.73. The van der Waals surface area contributed by atoms with Gasteiger partial charge in [0.05, 0.1) is 17.3 Å². The van der Waals surface area contributed by atoms with Gasteiger partial charge in [0.2, 0.25) is 17.7 Å². The number of fused-ring (bicyclic) bond motifs is 1. The van der Waals surface area contributed by atoms with E-state index in [1.165, 1.54) is 28.8 Å². The highest BCUT2D eigenvalue weighted by Gasteiger charge is 2.30. The summed E-state index contributed by atoms with van der Waals surface area (Å²) in [6.07, 6.45) is 0.430. The molecule has 1 fully saturated rings. The largest absolute Gasteiger partial charge is 0.352 e. The molecule has 0 saturated carbocycles. The highest BCUT2D eigenvalue weighted by molar-refractivity contribution is 5.99. The summed E-state index contributed by atoms with van der Waals surface area (Å²) >= 11 is 0. The Morgan fingerprint density at radius 2 is 1.94 bits per heavy atom. The zero-order valence-corrected chi connectivity index (χ0v) is 17.4. The van der Waals surface area contributed by atoms with Crippen LogP contribution >= 0.6 is 0 Å². The second-order valence-electron chi connectivity index (χ2n) is 7.69. The lowest BCUT2D eigenvalue weighted by molar-refractivity contribution is -0.135. The van der Waals surface area contributed by atoms with Gasteiger partial charge in [-0.1, -0.05) is 24.3 Å². The molecular formula is C23H21FN4O4. The maximum atomic E-state index is 13.4. The third kappa shape index (κ3) is 4.27. The number of hydrogen-bond acceptors (Lipinski definition) is 5. The van der Waals surface area contributed by atoms with Gasteiger partial charge in [-0.2, -0.15) is 0 Å². The number of benzene rings is 2. The van der Waals surface area contributed by atoms with E-state index in [0.29, 0.717) is 27.9 Å². The molecule has 2 N–H and O–H groups in total. The lowest BCUT2D eigenvalue weighted by Gasteiger charge is -2.24. The lowest BCUT2D eigenvalue weighted by Crippen LogP contribution is -2.45. The molecule has 4 rings (SSSR count). The Morgan fingerprint density at radius 3 is 2.66 bits per heavy atom. The summed E-state index contributed by atoms with van der Waals surface area (Å²) in [7, 11) is 0.